The summed E-state index contributed by atoms with van der Waals surface area (Å²) in [7, 11) is 0. The lowest BCUT2D eigenvalue weighted by atomic mass is 10.0. The van der Waals surface area contributed by atoms with Crippen LogP contribution in [0.3, 0.4) is 0 Å². The SMILES string of the molecule is O=C(c1cccc(N2CCNC2=O)c1)N1C[C@@H](Cc2cnccn2)[C@H](O)C1. The number of β-amino-alcohol motifs (C(OH)–C–C–N with tert-alkyl or cyclic N) is 1. The fourth-order valence-corrected chi connectivity index (χ4v) is 3.63. The molecule has 2 atom stereocenters. The van der Waals surface area contributed by atoms with Crippen molar-refractivity contribution < 1.29 is 14.7 Å². The van der Waals surface area contributed by atoms with E-state index in [-0.39, 0.29) is 24.4 Å². The number of hydrogen-bond acceptors (Lipinski definition) is 5. The molecular weight excluding hydrogens is 346 g/mol. The Balaban J connectivity index is 1.46. The maximum absolute atomic E-state index is 12.9. The van der Waals surface area contributed by atoms with Crippen molar-refractivity contribution in [3.05, 3.63) is 54.1 Å². The fourth-order valence-electron chi connectivity index (χ4n) is 3.63. The zero-order valence-corrected chi connectivity index (χ0v) is 14.8. The number of amides is 3. The second-order valence-electron chi connectivity index (χ2n) is 6.87. The zero-order valence-electron chi connectivity index (χ0n) is 14.8. The summed E-state index contributed by atoms with van der Waals surface area (Å²) in [5.41, 5.74) is 2.02. The number of nitrogens with one attached hydrogen (secondary N) is 1. The normalized spacial score (nSPS) is 22.2. The first-order valence-electron chi connectivity index (χ1n) is 8.99. The van der Waals surface area contributed by atoms with E-state index in [2.05, 4.69) is 15.3 Å². The van der Waals surface area contributed by atoms with Crippen molar-refractivity contribution in [1.82, 2.24) is 20.2 Å². The van der Waals surface area contributed by atoms with Gasteiger partial charge in [-0.05, 0) is 24.6 Å². The predicted octanol–water partition coefficient (Wildman–Crippen LogP) is 0.682. The van der Waals surface area contributed by atoms with Gasteiger partial charge in [0.15, 0.2) is 0 Å². The Hall–Kier alpha value is -3.00. The first-order chi connectivity index (χ1) is 13.1. The Morgan fingerprint density at radius 3 is 2.93 bits per heavy atom. The molecule has 1 aromatic heterocycles. The van der Waals surface area contributed by atoms with Gasteiger partial charge in [-0.25, -0.2) is 4.79 Å². The lowest BCUT2D eigenvalue weighted by Crippen LogP contribution is -2.30. The number of carbonyl (C=O) groups excluding carboxylic acids is 2. The molecule has 3 amide bonds. The van der Waals surface area contributed by atoms with Crippen LogP contribution in [0.2, 0.25) is 0 Å². The average molecular weight is 367 g/mol. The van der Waals surface area contributed by atoms with E-state index >= 15 is 0 Å². The van der Waals surface area contributed by atoms with Gasteiger partial charge >= 0.3 is 6.03 Å². The Labute approximate surface area is 156 Å². The van der Waals surface area contributed by atoms with Gasteiger partial charge in [0.1, 0.15) is 0 Å². The van der Waals surface area contributed by atoms with Crippen molar-refractivity contribution >= 4 is 17.6 Å². The van der Waals surface area contributed by atoms with Crippen molar-refractivity contribution in [3.8, 4) is 0 Å². The molecule has 0 radical (unpaired) electrons. The van der Waals surface area contributed by atoms with Gasteiger partial charge in [-0.3, -0.25) is 19.7 Å². The van der Waals surface area contributed by atoms with Gasteiger partial charge < -0.3 is 15.3 Å². The number of urea groups is 1. The van der Waals surface area contributed by atoms with Gasteiger partial charge in [0, 0.05) is 61.9 Å². The molecule has 27 heavy (non-hydrogen) atoms. The van der Waals surface area contributed by atoms with Crippen LogP contribution in [0.25, 0.3) is 0 Å². The molecule has 0 spiro atoms. The van der Waals surface area contributed by atoms with Crippen LogP contribution in [0, 0.1) is 5.92 Å². The number of benzene rings is 1. The molecule has 2 fully saturated rings. The molecule has 1 aromatic carbocycles. The number of likely N-dealkylation sites (tertiary alicyclic amines) is 1. The highest BCUT2D eigenvalue weighted by Crippen LogP contribution is 2.24. The third kappa shape index (κ3) is 3.61. The Bertz CT molecular complexity index is 844. The number of aromatic nitrogens is 2. The first-order valence-corrected chi connectivity index (χ1v) is 8.99. The van der Waals surface area contributed by atoms with Crippen LogP contribution < -0.4 is 10.2 Å². The van der Waals surface area contributed by atoms with Crippen LogP contribution in [0.4, 0.5) is 10.5 Å². The minimum absolute atomic E-state index is 0.0711. The zero-order chi connectivity index (χ0) is 18.8. The van der Waals surface area contributed by atoms with Gasteiger partial charge in [-0.1, -0.05) is 6.07 Å². The Morgan fingerprint density at radius 1 is 1.30 bits per heavy atom. The smallest absolute Gasteiger partial charge is 0.321 e. The molecule has 0 saturated carbocycles. The standard InChI is InChI=1S/C19H21N5O3/c25-17-12-23(11-14(17)8-15-10-20-4-5-21-15)18(26)13-2-1-3-16(9-13)24-7-6-22-19(24)27/h1-5,9-10,14,17,25H,6-8,11-12H2,(H,22,27)/t14-,17-/m1/s1. The number of aliphatic hydroxyl groups is 1. The van der Waals surface area contributed by atoms with Crippen molar-refractivity contribution in [2.45, 2.75) is 12.5 Å². The second-order valence-corrected chi connectivity index (χ2v) is 6.87. The van der Waals surface area contributed by atoms with E-state index < -0.39 is 6.10 Å². The van der Waals surface area contributed by atoms with Gasteiger partial charge in [0.05, 0.1) is 11.8 Å². The molecule has 8 nitrogen and oxygen atoms in total. The predicted molar refractivity (Wildman–Crippen MR) is 98.3 cm³/mol. The van der Waals surface area contributed by atoms with Crippen molar-refractivity contribution in [1.29, 1.82) is 0 Å². The van der Waals surface area contributed by atoms with Crippen LogP contribution in [0.5, 0.6) is 0 Å². The van der Waals surface area contributed by atoms with Crippen LogP contribution in [0.15, 0.2) is 42.9 Å². The van der Waals surface area contributed by atoms with Gasteiger partial charge in [0.2, 0.25) is 0 Å². The quantitative estimate of drug-likeness (QED) is 0.828. The molecule has 0 aliphatic carbocycles. The van der Waals surface area contributed by atoms with E-state index in [9.17, 15) is 14.7 Å². The monoisotopic (exact) mass is 367 g/mol. The molecule has 2 aliphatic rings. The van der Waals surface area contributed by atoms with Crippen molar-refractivity contribution in [2.75, 3.05) is 31.1 Å². The van der Waals surface area contributed by atoms with Crippen molar-refractivity contribution in [2.24, 2.45) is 5.92 Å². The lowest BCUT2D eigenvalue weighted by Gasteiger charge is -2.19. The molecule has 2 saturated heterocycles. The van der Waals surface area contributed by atoms with Crippen LogP contribution in [-0.2, 0) is 6.42 Å². The number of rotatable bonds is 4. The third-order valence-corrected chi connectivity index (χ3v) is 5.04. The summed E-state index contributed by atoms with van der Waals surface area (Å²) in [6.07, 6.45) is 4.90. The van der Waals surface area contributed by atoms with E-state index in [0.29, 0.717) is 37.3 Å². The van der Waals surface area contributed by atoms with Gasteiger partial charge in [0.25, 0.3) is 5.91 Å². The number of aliphatic hydroxyl groups excluding tert-OH is 1. The molecular formula is C19H21N5O3. The number of nitrogens with zero attached hydrogens (tertiary/aromatic N) is 4. The number of hydrogen-bond donors (Lipinski definition) is 2. The molecule has 2 N–H and O–H groups in total. The number of carbonyl (C=O) groups is 2. The van der Waals surface area contributed by atoms with Crippen LogP contribution in [0.1, 0.15) is 16.1 Å². The molecule has 2 aliphatic heterocycles. The Kier molecular flexibility index (Phi) is 4.72. The maximum Gasteiger partial charge on any atom is 0.321 e. The number of anilines is 1. The van der Waals surface area contributed by atoms with Gasteiger partial charge in [-0.2, -0.15) is 0 Å². The second kappa shape index (κ2) is 7.32. The highest BCUT2D eigenvalue weighted by atomic mass is 16.3. The summed E-state index contributed by atoms with van der Waals surface area (Å²) < 4.78 is 0. The topological polar surface area (TPSA) is 98.7 Å². The van der Waals surface area contributed by atoms with E-state index in [4.69, 9.17) is 0 Å². The van der Waals surface area contributed by atoms with E-state index in [1.54, 1.807) is 46.6 Å². The summed E-state index contributed by atoms with van der Waals surface area (Å²) in [6.45, 7) is 1.93. The molecule has 0 bridgehead atoms. The van der Waals surface area contributed by atoms with E-state index in [0.717, 1.165) is 5.69 Å². The molecule has 2 aromatic rings. The average Bonchev–Trinajstić information content (AvgIpc) is 3.28. The fraction of sp³-hybridized carbons (Fsp3) is 0.368. The van der Waals surface area contributed by atoms with Crippen LogP contribution in [-0.4, -0.2) is 64.2 Å². The maximum atomic E-state index is 12.9. The van der Waals surface area contributed by atoms with E-state index in [1.165, 1.54) is 0 Å². The van der Waals surface area contributed by atoms with Crippen molar-refractivity contribution in [3.63, 3.8) is 0 Å². The van der Waals surface area contributed by atoms with E-state index in [1.807, 2.05) is 6.07 Å². The molecule has 0 unspecified atom stereocenters. The first kappa shape index (κ1) is 17.4. The summed E-state index contributed by atoms with van der Waals surface area (Å²) in [5, 5.41) is 13.1. The molecule has 140 valence electrons. The summed E-state index contributed by atoms with van der Waals surface area (Å²) in [5.74, 6) is -0.213. The van der Waals surface area contributed by atoms with Gasteiger partial charge in [-0.15, -0.1) is 0 Å². The lowest BCUT2D eigenvalue weighted by molar-refractivity contribution is 0.0764. The summed E-state index contributed by atoms with van der Waals surface area (Å²) in [4.78, 5) is 36.3. The summed E-state index contributed by atoms with van der Waals surface area (Å²) >= 11 is 0. The molecule has 8 heteroatoms. The highest BCUT2D eigenvalue weighted by Gasteiger charge is 2.35. The van der Waals surface area contributed by atoms with Crippen LogP contribution >= 0.6 is 0 Å². The Morgan fingerprint density at radius 2 is 2.19 bits per heavy atom. The minimum atomic E-state index is -0.594. The largest absolute Gasteiger partial charge is 0.391 e. The molecule has 4 rings (SSSR count). The highest BCUT2D eigenvalue weighted by molar-refractivity contribution is 5.98. The third-order valence-electron chi connectivity index (χ3n) is 5.04. The molecule has 3 heterocycles. The summed E-state index contributed by atoms with van der Waals surface area (Å²) in [6, 6.07) is 6.91. The minimum Gasteiger partial charge on any atom is -0.391 e.